The molecule has 3 fully saturated rings. The zero-order valence-electron chi connectivity index (χ0n) is 20.7. The SMILES string of the molecule is CN(C(=O)/C=C/c1ccoc1)[C@@H]1CCC2C3Cc4c(O)ccc5c4[C@@]2(CC[N@+]3(C)CC2CC2)C1O5. The van der Waals surface area contributed by atoms with Gasteiger partial charge in [0.15, 0.2) is 0 Å². The van der Waals surface area contributed by atoms with Crippen molar-refractivity contribution in [2.75, 3.05) is 27.2 Å². The topological polar surface area (TPSA) is 62.9 Å². The van der Waals surface area contributed by atoms with Gasteiger partial charge in [-0.25, -0.2) is 0 Å². The summed E-state index contributed by atoms with van der Waals surface area (Å²) in [6.45, 7) is 2.41. The molecule has 35 heavy (non-hydrogen) atoms. The number of likely N-dealkylation sites (N-methyl/N-ethyl adjacent to an activating group) is 2. The second-order valence-corrected chi connectivity index (χ2v) is 12.0. The number of piperidine rings is 1. The van der Waals surface area contributed by atoms with Gasteiger partial charge in [-0.05, 0) is 50.0 Å². The molecule has 0 radical (unpaired) electrons. The van der Waals surface area contributed by atoms with Gasteiger partial charge in [-0.15, -0.1) is 0 Å². The van der Waals surface area contributed by atoms with E-state index in [9.17, 15) is 9.90 Å². The van der Waals surface area contributed by atoms with Crippen LogP contribution in [0.15, 0.2) is 41.2 Å². The molecule has 1 N–H and O–H groups in total. The van der Waals surface area contributed by atoms with Gasteiger partial charge in [0.1, 0.15) is 17.6 Å². The van der Waals surface area contributed by atoms with E-state index in [1.165, 1.54) is 24.9 Å². The molecule has 2 saturated carbocycles. The van der Waals surface area contributed by atoms with Crippen molar-refractivity contribution in [1.82, 2.24) is 4.90 Å². The molecule has 184 valence electrons. The molecule has 1 amide bonds. The van der Waals surface area contributed by atoms with Crippen LogP contribution in [0.3, 0.4) is 0 Å². The lowest BCUT2D eigenvalue weighted by Gasteiger charge is -2.62. The van der Waals surface area contributed by atoms with Gasteiger partial charge in [-0.2, -0.15) is 0 Å². The fourth-order valence-electron chi connectivity index (χ4n) is 8.32. The molecule has 3 aliphatic carbocycles. The number of carbonyl (C=O) groups is 1. The van der Waals surface area contributed by atoms with Crippen LogP contribution in [0, 0.1) is 11.8 Å². The summed E-state index contributed by atoms with van der Waals surface area (Å²) in [7, 11) is 4.39. The van der Waals surface area contributed by atoms with E-state index in [1.807, 2.05) is 36.2 Å². The van der Waals surface area contributed by atoms with Gasteiger partial charge in [0.25, 0.3) is 0 Å². The van der Waals surface area contributed by atoms with Crippen LogP contribution in [0.2, 0.25) is 0 Å². The van der Waals surface area contributed by atoms with Crippen LogP contribution >= 0.6 is 0 Å². The van der Waals surface area contributed by atoms with Crippen molar-refractivity contribution in [3.05, 3.63) is 53.5 Å². The third-order valence-electron chi connectivity index (χ3n) is 10.2. The molecular formula is C29H35N2O4+. The number of likely N-dealkylation sites (tertiary alicyclic amines) is 1. The third kappa shape index (κ3) is 3.01. The highest BCUT2D eigenvalue weighted by atomic mass is 16.5. The van der Waals surface area contributed by atoms with Crippen molar-refractivity contribution in [3.8, 4) is 11.5 Å². The Morgan fingerprint density at radius 1 is 1.26 bits per heavy atom. The molecule has 1 saturated heterocycles. The predicted molar refractivity (Wildman–Crippen MR) is 132 cm³/mol. The quantitative estimate of drug-likeness (QED) is 0.522. The van der Waals surface area contributed by atoms with E-state index in [2.05, 4.69) is 7.05 Å². The predicted octanol–water partition coefficient (Wildman–Crippen LogP) is 4.12. The van der Waals surface area contributed by atoms with E-state index >= 15 is 0 Å². The molecule has 6 atom stereocenters. The van der Waals surface area contributed by atoms with Crippen molar-refractivity contribution in [2.45, 2.75) is 62.1 Å². The summed E-state index contributed by atoms with van der Waals surface area (Å²) >= 11 is 0. The summed E-state index contributed by atoms with van der Waals surface area (Å²) in [6, 6.07) is 6.14. The van der Waals surface area contributed by atoms with Gasteiger partial charge in [0.2, 0.25) is 5.91 Å². The van der Waals surface area contributed by atoms with Crippen molar-refractivity contribution in [1.29, 1.82) is 0 Å². The number of rotatable bonds is 5. The second kappa shape index (κ2) is 7.39. The van der Waals surface area contributed by atoms with Crippen LogP contribution in [0.4, 0.5) is 0 Å². The van der Waals surface area contributed by atoms with E-state index in [0.717, 1.165) is 59.5 Å². The van der Waals surface area contributed by atoms with Gasteiger partial charge in [-0.3, -0.25) is 4.79 Å². The summed E-state index contributed by atoms with van der Waals surface area (Å²) in [5.41, 5.74) is 3.15. The average molecular weight is 476 g/mol. The minimum atomic E-state index is -0.112. The van der Waals surface area contributed by atoms with Crippen LogP contribution in [0.25, 0.3) is 6.08 Å². The summed E-state index contributed by atoms with van der Waals surface area (Å²) < 4.78 is 13.0. The minimum Gasteiger partial charge on any atom is -0.508 e. The fraction of sp³-hybridized carbons (Fsp3) is 0.552. The van der Waals surface area contributed by atoms with Gasteiger partial charge >= 0.3 is 0 Å². The molecule has 1 aromatic heterocycles. The second-order valence-electron chi connectivity index (χ2n) is 12.0. The highest BCUT2D eigenvalue weighted by molar-refractivity contribution is 5.91. The van der Waals surface area contributed by atoms with Crippen LogP contribution in [-0.4, -0.2) is 65.8 Å². The highest BCUT2D eigenvalue weighted by Crippen LogP contribution is 2.64. The first-order valence-electron chi connectivity index (χ1n) is 13.2. The lowest BCUT2D eigenvalue weighted by atomic mass is 9.50. The van der Waals surface area contributed by atoms with E-state index in [-0.39, 0.29) is 23.5 Å². The van der Waals surface area contributed by atoms with Crippen LogP contribution < -0.4 is 4.74 Å². The van der Waals surface area contributed by atoms with Crippen molar-refractivity contribution in [2.24, 2.45) is 11.8 Å². The van der Waals surface area contributed by atoms with Gasteiger partial charge in [0.05, 0.1) is 50.2 Å². The Labute approximate surface area is 206 Å². The van der Waals surface area contributed by atoms with Crippen molar-refractivity contribution in [3.63, 3.8) is 0 Å². The number of hydrogen-bond donors (Lipinski definition) is 1. The fourth-order valence-corrected chi connectivity index (χ4v) is 8.32. The first-order chi connectivity index (χ1) is 16.9. The molecule has 2 aromatic rings. The molecular weight excluding hydrogens is 440 g/mol. The lowest BCUT2D eigenvalue weighted by molar-refractivity contribution is -0.946. The number of amides is 1. The van der Waals surface area contributed by atoms with Gasteiger partial charge < -0.3 is 23.6 Å². The summed E-state index contributed by atoms with van der Waals surface area (Å²) in [5.74, 6) is 2.75. The van der Waals surface area contributed by atoms with Crippen molar-refractivity contribution >= 4 is 12.0 Å². The zero-order valence-corrected chi connectivity index (χ0v) is 20.7. The molecule has 6 heteroatoms. The number of ether oxygens (including phenoxy) is 1. The molecule has 1 spiro atoms. The van der Waals surface area contributed by atoms with E-state index in [0.29, 0.717) is 17.7 Å². The first kappa shape index (κ1) is 21.5. The Bertz CT molecular complexity index is 1200. The summed E-state index contributed by atoms with van der Waals surface area (Å²) in [5, 5.41) is 11.0. The smallest absolute Gasteiger partial charge is 0.246 e. The average Bonchev–Trinajstić information content (AvgIpc) is 3.37. The molecule has 6 nitrogen and oxygen atoms in total. The highest BCUT2D eigenvalue weighted by Gasteiger charge is 2.69. The number of benzene rings is 1. The normalized spacial score (nSPS) is 36.6. The molecule has 2 aliphatic heterocycles. The Kier molecular flexibility index (Phi) is 4.55. The molecule has 1 aromatic carbocycles. The monoisotopic (exact) mass is 475 g/mol. The molecule has 5 aliphatic rings. The van der Waals surface area contributed by atoms with E-state index < -0.39 is 0 Å². The lowest BCUT2D eigenvalue weighted by Crippen LogP contribution is -2.73. The number of phenols is 1. The number of furan rings is 1. The maximum absolute atomic E-state index is 13.2. The number of carbonyl (C=O) groups excluding carboxylic acids is 1. The molecule has 3 unspecified atom stereocenters. The summed E-state index contributed by atoms with van der Waals surface area (Å²) in [4.78, 5) is 15.1. The number of aromatic hydroxyl groups is 1. The van der Waals surface area contributed by atoms with E-state index in [1.54, 1.807) is 18.6 Å². The number of phenolic OH excluding ortho intramolecular Hbond substituents is 1. The first-order valence-corrected chi connectivity index (χ1v) is 13.2. The minimum absolute atomic E-state index is 0.00815. The Balaban J connectivity index is 1.26. The van der Waals surface area contributed by atoms with E-state index in [4.69, 9.17) is 9.15 Å². The zero-order chi connectivity index (χ0) is 23.9. The maximum Gasteiger partial charge on any atom is 0.246 e. The Hall–Kier alpha value is -2.73. The largest absolute Gasteiger partial charge is 0.508 e. The standard InChI is InChI=1S/C29H34N2O4/c1-30(26(33)10-5-19-11-14-34-17-19)22-7-6-21-23-15-20-24(32)8-9-25-27(20)29(21,28(22)35-25)12-13-31(23,2)16-18-3-4-18/h5,8-11,14,17-18,21-23,28H,3-4,6-7,12-13,15-16H2,1-2H3/p+1/b10-5+/t21?,22-,23?,28?,29+,31-/m1/s1. The third-order valence-corrected chi connectivity index (χ3v) is 10.2. The number of nitrogens with zero attached hydrogens (tertiary/aromatic N) is 2. The number of quaternary nitrogens is 1. The number of hydrogen-bond acceptors (Lipinski definition) is 4. The van der Waals surface area contributed by atoms with Gasteiger partial charge in [-0.1, -0.05) is 0 Å². The summed E-state index contributed by atoms with van der Waals surface area (Å²) in [6.07, 6.45) is 13.4. The van der Waals surface area contributed by atoms with Crippen LogP contribution in [0.5, 0.6) is 11.5 Å². The van der Waals surface area contributed by atoms with Gasteiger partial charge in [0, 0.05) is 54.5 Å². The maximum atomic E-state index is 13.2. The Morgan fingerprint density at radius 3 is 2.89 bits per heavy atom. The van der Waals surface area contributed by atoms with Crippen LogP contribution in [0.1, 0.15) is 48.8 Å². The molecule has 3 heterocycles. The molecule has 2 bridgehead atoms. The Morgan fingerprint density at radius 2 is 2.11 bits per heavy atom. The van der Waals surface area contributed by atoms with Crippen LogP contribution in [-0.2, 0) is 16.6 Å². The van der Waals surface area contributed by atoms with Crippen molar-refractivity contribution < 1.29 is 23.5 Å². The molecule has 7 rings (SSSR count).